The predicted molar refractivity (Wildman–Crippen MR) is 106 cm³/mol. The molecule has 146 valence electrons. The fourth-order valence-corrected chi connectivity index (χ4v) is 3.70. The number of amides is 2. The minimum atomic E-state index is -0.360. The van der Waals surface area contributed by atoms with Crippen LogP contribution in [0.1, 0.15) is 36.3 Å². The molecule has 0 bridgehead atoms. The molecule has 0 unspecified atom stereocenters. The molecule has 1 aromatic carbocycles. The second-order valence-corrected chi connectivity index (χ2v) is 7.49. The highest BCUT2D eigenvalue weighted by molar-refractivity contribution is 7.15. The van der Waals surface area contributed by atoms with Gasteiger partial charge in [-0.2, -0.15) is 0 Å². The van der Waals surface area contributed by atoms with E-state index in [1.54, 1.807) is 23.2 Å². The summed E-state index contributed by atoms with van der Waals surface area (Å²) in [6.07, 6.45) is 3.07. The summed E-state index contributed by atoms with van der Waals surface area (Å²) in [5.74, 6) is -0.293. The number of carbonyl (C=O) groups is 2. The molecule has 28 heavy (non-hydrogen) atoms. The maximum Gasteiger partial charge on any atom is 0.279 e. The molecule has 0 aliphatic carbocycles. The number of H-pyrrole nitrogens is 1. The monoisotopic (exact) mass is 401 g/mol. The smallest absolute Gasteiger partial charge is 0.279 e. The number of hydrogen-bond acceptors (Lipinski definition) is 5. The molecule has 0 aliphatic rings. The molecule has 2 heterocycles. The van der Waals surface area contributed by atoms with Crippen LogP contribution < -0.4 is 10.2 Å². The number of halogens is 1. The first kappa shape index (κ1) is 19.7. The molecule has 2 aromatic heterocycles. The van der Waals surface area contributed by atoms with Crippen LogP contribution in [0.4, 0.5) is 10.2 Å². The van der Waals surface area contributed by atoms with E-state index in [0.717, 1.165) is 0 Å². The minimum absolute atomic E-state index is 0.144. The Balaban J connectivity index is 2.05. The van der Waals surface area contributed by atoms with Gasteiger partial charge in [0.1, 0.15) is 22.3 Å². The lowest BCUT2D eigenvalue weighted by Crippen LogP contribution is -2.37. The average molecular weight is 401 g/mol. The molecule has 0 saturated carbocycles. The Labute approximate surface area is 165 Å². The van der Waals surface area contributed by atoms with Crippen LogP contribution in [-0.2, 0) is 11.3 Å². The number of carbonyl (C=O) groups excluding carboxylic acids is 2. The van der Waals surface area contributed by atoms with Gasteiger partial charge in [-0.05, 0) is 31.5 Å². The van der Waals surface area contributed by atoms with Crippen LogP contribution in [0.3, 0.4) is 0 Å². The van der Waals surface area contributed by atoms with Crippen molar-refractivity contribution in [3.63, 3.8) is 0 Å². The van der Waals surface area contributed by atoms with Gasteiger partial charge < -0.3 is 10.3 Å². The third-order valence-corrected chi connectivity index (χ3v) is 5.05. The number of nitrogens with one attached hydrogen (secondary N) is 2. The van der Waals surface area contributed by atoms with Gasteiger partial charge in [-0.25, -0.2) is 14.4 Å². The standard InChI is InChI=1S/C19H20FN5O2S/c1-11(2)25(15-8-21-10-23-15)19(27)17-18(13-4-6-14(20)7-5-13)28-16(24-17)9-22-12(3)26/h4-8,10-11H,9H2,1-3H3,(H,21,23)(H,22,26). The van der Waals surface area contributed by atoms with Gasteiger partial charge in [0.2, 0.25) is 5.91 Å². The normalized spacial score (nSPS) is 10.9. The first-order valence-corrected chi connectivity index (χ1v) is 9.50. The maximum absolute atomic E-state index is 13.4. The third kappa shape index (κ3) is 4.25. The number of rotatable bonds is 6. The highest BCUT2D eigenvalue weighted by Crippen LogP contribution is 2.32. The number of nitrogens with zero attached hydrogens (tertiary/aromatic N) is 3. The zero-order valence-corrected chi connectivity index (χ0v) is 16.5. The van der Waals surface area contributed by atoms with E-state index in [1.165, 1.54) is 36.7 Å². The van der Waals surface area contributed by atoms with Crippen molar-refractivity contribution in [1.82, 2.24) is 20.3 Å². The van der Waals surface area contributed by atoms with Gasteiger partial charge in [0.25, 0.3) is 5.91 Å². The van der Waals surface area contributed by atoms with E-state index >= 15 is 0 Å². The van der Waals surface area contributed by atoms with Crippen molar-refractivity contribution in [1.29, 1.82) is 0 Å². The molecular weight excluding hydrogens is 381 g/mol. The topological polar surface area (TPSA) is 91.0 Å². The average Bonchev–Trinajstić information content (AvgIpc) is 3.30. The Hall–Kier alpha value is -3.07. The summed E-state index contributed by atoms with van der Waals surface area (Å²) in [5, 5.41) is 3.28. The fourth-order valence-electron chi connectivity index (χ4n) is 2.70. The molecule has 9 heteroatoms. The number of aromatic nitrogens is 3. The van der Waals surface area contributed by atoms with E-state index in [0.29, 0.717) is 21.3 Å². The second kappa shape index (κ2) is 8.30. The predicted octanol–water partition coefficient (Wildman–Crippen LogP) is 3.36. The third-order valence-electron chi connectivity index (χ3n) is 3.95. The summed E-state index contributed by atoms with van der Waals surface area (Å²) < 4.78 is 13.4. The van der Waals surface area contributed by atoms with Crippen molar-refractivity contribution < 1.29 is 14.0 Å². The minimum Gasteiger partial charge on any atom is -0.350 e. The van der Waals surface area contributed by atoms with Crippen molar-refractivity contribution >= 4 is 29.0 Å². The first-order valence-electron chi connectivity index (χ1n) is 8.69. The number of imidazole rings is 1. The summed E-state index contributed by atoms with van der Waals surface area (Å²) in [4.78, 5) is 38.2. The highest BCUT2D eigenvalue weighted by Gasteiger charge is 2.28. The lowest BCUT2D eigenvalue weighted by Gasteiger charge is -2.24. The number of benzene rings is 1. The van der Waals surface area contributed by atoms with E-state index in [-0.39, 0.29) is 35.9 Å². The van der Waals surface area contributed by atoms with Crippen LogP contribution in [0, 0.1) is 5.82 Å². The van der Waals surface area contributed by atoms with Gasteiger partial charge >= 0.3 is 0 Å². The van der Waals surface area contributed by atoms with Gasteiger partial charge in [0.15, 0.2) is 0 Å². The van der Waals surface area contributed by atoms with Gasteiger partial charge in [-0.15, -0.1) is 11.3 Å². The first-order chi connectivity index (χ1) is 13.4. The second-order valence-electron chi connectivity index (χ2n) is 6.41. The van der Waals surface area contributed by atoms with Crippen LogP contribution in [-0.4, -0.2) is 32.8 Å². The quantitative estimate of drug-likeness (QED) is 0.663. The highest BCUT2D eigenvalue weighted by atomic mass is 32.1. The number of anilines is 1. The summed E-state index contributed by atoms with van der Waals surface area (Å²) in [7, 11) is 0. The molecule has 0 radical (unpaired) electrons. The van der Waals surface area contributed by atoms with Crippen LogP contribution >= 0.6 is 11.3 Å². The fraction of sp³-hybridized carbons (Fsp3) is 0.263. The number of aromatic amines is 1. The molecule has 3 aromatic rings. The SMILES string of the molecule is CC(=O)NCc1nc(C(=O)N(c2cnc[nH]2)C(C)C)c(-c2ccc(F)cc2)s1. The van der Waals surface area contributed by atoms with Crippen LogP contribution in [0.2, 0.25) is 0 Å². The molecule has 0 spiro atoms. The van der Waals surface area contributed by atoms with Crippen molar-refractivity contribution in [3.05, 3.63) is 53.3 Å². The molecule has 2 N–H and O–H groups in total. The zero-order valence-electron chi connectivity index (χ0n) is 15.7. The molecule has 0 saturated heterocycles. The van der Waals surface area contributed by atoms with Gasteiger partial charge in [-0.3, -0.25) is 14.5 Å². The van der Waals surface area contributed by atoms with Crippen molar-refractivity contribution in [2.75, 3.05) is 4.90 Å². The summed E-state index contributed by atoms with van der Waals surface area (Å²) >= 11 is 1.29. The van der Waals surface area contributed by atoms with Crippen molar-refractivity contribution in [2.24, 2.45) is 0 Å². The van der Waals surface area contributed by atoms with Gasteiger partial charge in [-0.1, -0.05) is 12.1 Å². The maximum atomic E-state index is 13.4. The lowest BCUT2D eigenvalue weighted by atomic mass is 10.1. The molecule has 7 nitrogen and oxygen atoms in total. The van der Waals surface area contributed by atoms with Crippen LogP contribution in [0.5, 0.6) is 0 Å². The molecule has 3 rings (SSSR count). The van der Waals surface area contributed by atoms with Gasteiger partial charge in [0.05, 0.1) is 23.9 Å². The molecule has 0 fully saturated rings. The van der Waals surface area contributed by atoms with Crippen molar-refractivity contribution in [2.45, 2.75) is 33.4 Å². The largest absolute Gasteiger partial charge is 0.350 e. The Bertz CT molecular complexity index is 967. The molecular formula is C19H20FN5O2S. The van der Waals surface area contributed by atoms with Crippen molar-refractivity contribution in [3.8, 4) is 10.4 Å². The Morgan fingerprint density at radius 3 is 2.57 bits per heavy atom. The number of hydrogen-bond donors (Lipinski definition) is 2. The summed E-state index contributed by atoms with van der Waals surface area (Å²) in [6, 6.07) is 5.75. The van der Waals surface area contributed by atoms with E-state index in [4.69, 9.17) is 0 Å². The lowest BCUT2D eigenvalue weighted by molar-refractivity contribution is -0.119. The number of thiazole rings is 1. The van der Waals surface area contributed by atoms with E-state index < -0.39 is 0 Å². The molecule has 0 atom stereocenters. The summed E-state index contributed by atoms with van der Waals surface area (Å²) in [5.41, 5.74) is 0.935. The van der Waals surface area contributed by atoms with Gasteiger partial charge in [0, 0.05) is 13.0 Å². The molecule has 2 amide bonds. The van der Waals surface area contributed by atoms with E-state index in [1.807, 2.05) is 13.8 Å². The van der Waals surface area contributed by atoms with Crippen LogP contribution in [0.15, 0.2) is 36.8 Å². The Kier molecular flexibility index (Phi) is 5.84. The molecule has 0 aliphatic heterocycles. The Morgan fingerprint density at radius 1 is 1.29 bits per heavy atom. The summed E-state index contributed by atoms with van der Waals surface area (Å²) in [6.45, 7) is 5.41. The zero-order chi connectivity index (χ0) is 20.3. The van der Waals surface area contributed by atoms with Crippen LogP contribution in [0.25, 0.3) is 10.4 Å². The Morgan fingerprint density at radius 2 is 2.00 bits per heavy atom. The van der Waals surface area contributed by atoms with E-state index in [2.05, 4.69) is 20.3 Å². The van der Waals surface area contributed by atoms with E-state index in [9.17, 15) is 14.0 Å².